The van der Waals surface area contributed by atoms with Gasteiger partial charge in [0.25, 0.3) is 5.91 Å². The molecule has 4 fully saturated rings. The molecule has 278 valence electrons. The number of aromatic nitrogens is 3. The second kappa shape index (κ2) is 14.9. The van der Waals surface area contributed by atoms with Gasteiger partial charge in [-0.25, -0.2) is 9.50 Å². The number of nitrogens with one attached hydrogen (secondary N) is 2. The standard InChI is InChI=1S/C36H41ClN10O3.C3H6/c1-39-28-20-32(42-47-31(34(38)49)21-40-35(28)47)46-14-11-26-29(3-2-4-30(26)46)45-17-15-44(16-18-45)22-9-12-43(13-10-22)23-5-6-24(27(37)19-23)25-7-8-33(48)41-36(25)50;1-2-3-1/h2-6,19-22,25,39H,7-18H2,1H3,(H2,38,49)(H,41,48,50);1-3H2. The molecular formula is C39H47ClN10O3. The third-order valence-corrected chi connectivity index (χ3v) is 11.5. The molecule has 4 aliphatic heterocycles. The Bertz CT molecular complexity index is 2030. The summed E-state index contributed by atoms with van der Waals surface area (Å²) in [5, 5.41) is 11.0. The molecule has 0 radical (unpaired) electrons. The Kier molecular flexibility index (Phi) is 9.86. The Morgan fingerprint density at radius 1 is 0.906 bits per heavy atom. The average Bonchev–Trinajstić information content (AvgIpc) is 3.89. The number of imidazole rings is 1. The van der Waals surface area contributed by atoms with Crippen molar-refractivity contribution in [3.63, 3.8) is 0 Å². The van der Waals surface area contributed by atoms with Gasteiger partial charge in [-0.3, -0.25) is 24.6 Å². The topological polar surface area (TPSA) is 144 Å². The SMILES string of the molecule is C1CC1.CNc1cc(N2CCc3c(N4CCN(C5CCN(c6ccc(C7CCC(=O)NC7=O)c(Cl)c6)CC5)CC4)cccc32)nn2c(C(N)=O)cnc12. The zero-order valence-corrected chi connectivity index (χ0v) is 30.9. The number of primary amides is 1. The van der Waals surface area contributed by atoms with E-state index in [2.05, 4.69) is 59.5 Å². The van der Waals surface area contributed by atoms with Crippen molar-refractivity contribution in [2.24, 2.45) is 5.73 Å². The number of nitrogens with two attached hydrogens (primary N) is 1. The van der Waals surface area contributed by atoms with Crippen molar-refractivity contribution in [3.05, 3.63) is 70.5 Å². The molecule has 3 saturated heterocycles. The van der Waals surface area contributed by atoms with Crippen LogP contribution in [0.5, 0.6) is 0 Å². The van der Waals surface area contributed by atoms with Gasteiger partial charge in [0, 0.05) is 99.0 Å². The fourth-order valence-electron chi connectivity index (χ4n) is 8.19. The molecule has 0 spiro atoms. The van der Waals surface area contributed by atoms with Crippen LogP contribution in [0.2, 0.25) is 5.02 Å². The summed E-state index contributed by atoms with van der Waals surface area (Å²) in [6.45, 7) is 6.68. The lowest BCUT2D eigenvalue weighted by Crippen LogP contribution is -2.53. The molecule has 1 unspecified atom stereocenters. The Morgan fingerprint density at radius 3 is 2.34 bits per heavy atom. The molecule has 9 rings (SSSR count). The molecule has 1 saturated carbocycles. The summed E-state index contributed by atoms with van der Waals surface area (Å²) < 4.78 is 1.53. The highest BCUT2D eigenvalue weighted by Crippen LogP contribution is 2.41. The minimum atomic E-state index is -0.568. The number of anilines is 5. The first kappa shape index (κ1) is 35.2. The quantitative estimate of drug-likeness (QED) is 0.228. The number of carbonyl (C=O) groups excluding carboxylic acids is 3. The maximum Gasteiger partial charge on any atom is 0.269 e. The summed E-state index contributed by atoms with van der Waals surface area (Å²) in [6, 6.07) is 15.0. The Morgan fingerprint density at radius 2 is 1.66 bits per heavy atom. The van der Waals surface area contributed by atoms with Crippen LogP contribution < -0.4 is 31.1 Å². The normalized spacial score (nSPS) is 20.6. The van der Waals surface area contributed by atoms with E-state index in [0.29, 0.717) is 29.6 Å². The summed E-state index contributed by atoms with van der Waals surface area (Å²) in [5.41, 5.74) is 12.8. The lowest BCUT2D eigenvalue weighted by Gasteiger charge is -2.44. The zero-order chi connectivity index (χ0) is 36.6. The molecular weight excluding hydrogens is 692 g/mol. The van der Waals surface area contributed by atoms with E-state index in [4.69, 9.17) is 22.4 Å². The number of nitrogens with zero attached hydrogens (tertiary/aromatic N) is 7. The summed E-state index contributed by atoms with van der Waals surface area (Å²) >= 11 is 6.69. The highest BCUT2D eigenvalue weighted by atomic mass is 35.5. The van der Waals surface area contributed by atoms with Crippen LogP contribution in [0.3, 0.4) is 0 Å². The van der Waals surface area contributed by atoms with Gasteiger partial charge in [0.15, 0.2) is 11.5 Å². The lowest BCUT2D eigenvalue weighted by atomic mass is 9.90. The molecule has 0 bridgehead atoms. The van der Waals surface area contributed by atoms with Crippen molar-refractivity contribution in [3.8, 4) is 0 Å². The summed E-state index contributed by atoms with van der Waals surface area (Å²) in [5.74, 6) is -0.692. The van der Waals surface area contributed by atoms with E-state index in [-0.39, 0.29) is 23.4 Å². The Hall–Kier alpha value is -4.88. The van der Waals surface area contributed by atoms with Gasteiger partial charge in [-0.1, -0.05) is 43.0 Å². The van der Waals surface area contributed by atoms with Gasteiger partial charge >= 0.3 is 0 Å². The van der Waals surface area contributed by atoms with Crippen molar-refractivity contribution >= 4 is 63.5 Å². The van der Waals surface area contributed by atoms with Gasteiger partial charge in [-0.05, 0) is 55.5 Å². The fourth-order valence-corrected chi connectivity index (χ4v) is 8.50. The second-order valence-electron chi connectivity index (χ2n) is 14.6. The smallest absolute Gasteiger partial charge is 0.269 e. The van der Waals surface area contributed by atoms with Crippen LogP contribution in [-0.2, 0) is 16.0 Å². The van der Waals surface area contributed by atoms with Crippen LogP contribution >= 0.6 is 11.6 Å². The first-order valence-electron chi connectivity index (χ1n) is 18.9. The molecule has 1 aliphatic carbocycles. The number of hydrogen-bond donors (Lipinski definition) is 3. The molecule has 1 atom stereocenters. The number of imide groups is 1. The van der Waals surface area contributed by atoms with Gasteiger partial charge in [-0.2, -0.15) is 0 Å². The van der Waals surface area contributed by atoms with Gasteiger partial charge in [-0.15, -0.1) is 5.10 Å². The largest absolute Gasteiger partial charge is 0.385 e. The second-order valence-corrected chi connectivity index (χ2v) is 15.0. The van der Waals surface area contributed by atoms with E-state index >= 15 is 0 Å². The number of rotatable bonds is 7. The molecule has 5 aliphatic rings. The molecule has 13 nitrogen and oxygen atoms in total. The van der Waals surface area contributed by atoms with Crippen molar-refractivity contribution in [2.75, 3.05) is 72.9 Å². The monoisotopic (exact) mass is 738 g/mol. The van der Waals surface area contributed by atoms with E-state index in [1.54, 1.807) is 0 Å². The number of hydrogen-bond acceptors (Lipinski definition) is 10. The van der Waals surface area contributed by atoms with E-state index in [0.717, 1.165) is 93.5 Å². The van der Waals surface area contributed by atoms with Crippen LogP contribution in [0.15, 0.2) is 48.7 Å². The number of amides is 3. The predicted molar refractivity (Wildman–Crippen MR) is 208 cm³/mol. The Balaban J connectivity index is 0.00000127. The number of halogens is 1. The first-order valence-corrected chi connectivity index (χ1v) is 19.3. The van der Waals surface area contributed by atoms with Gasteiger partial charge in [0.05, 0.1) is 17.8 Å². The minimum absolute atomic E-state index is 0.219. The third kappa shape index (κ3) is 7.11. The molecule has 4 N–H and O–H groups in total. The molecule has 4 aromatic rings. The van der Waals surface area contributed by atoms with Crippen molar-refractivity contribution in [1.82, 2.24) is 24.8 Å². The zero-order valence-electron chi connectivity index (χ0n) is 30.2. The molecule has 2 aromatic heterocycles. The van der Waals surface area contributed by atoms with Gasteiger partial charge < -0.3 is 25.8 Å². The number of benzene rings is 2. The van der Waals surface area contributed by atoms with E-state index in [1.807, 2.05) is 25.2 Å². The Labute approximate surface area is 314 Å². The molecule has 3 amide bonds. The van der Waals surface area contributed by atoms with Crippen LogP contribution in [0.25, 0.3) is 5.65 Å². The third-order valence-electron chi connectivity index (χ3n) is 11.2. The lowest BCUT2D eigenvalue weighted by molar-refractivity contribution is -0.134. The highest BCUT2D eigenvalue weighted by molar-refractivity contribution is 6.32. The van der Waals surface area contributed by atoms with Crippen LogP contribution in [0.1, 0.15) is 72.5 Å². The van der Waals surface area contributed by atoms with E-state index in [1.165, 1.54) is 41.2 Å². The minimum Gasteiger partial charge on any atom is -0.385 e. The molecule has 53 heavy (non-hydrogen) atoms. The molecule has 14 heteroatoms. The fraction of sp³-hybridized carbons (Fsp3) is 0.462. The summed E-state index contributed by atoms with van der Waals surface area (Å²) in [6.07, 6.45) is 9.88. The van der Waals surface area contributed by atoms with Crippen LogP contribution in [-0.4, -0.2) is 96.1 Å². The van der Waals surface area contributed by atoms with Crippen molar-refractivity contribution < 1.29 is 14.4 Å². The predicted octanol–water partition coefficient (Wildman–Crippen LogP) is 4.70. The first-order chi connectivity index (χ1) is 25.8. The molecule has 2 aromatic carbocycles. The number of piperidine rings is 2. The number of piperazine rings is 1. The van der Waals surface area contributed by atoms with E-state index in [9.17, 15) is 14.4 Å². The van der Waals surface area contributed by atoms with Crippen LogP contribution in [0.4, 0.5) is 28.6 Å². The number of fused-ring (bicyclic) bond motifs is 2. The number of carbonyl (C=O) groups is 3. The maximum atomic E-state index is 12.4. The maximum absolute atomic E-state index is 12.4. The molecule has 6 heterocycles. The summed E-state index contributed by atoms with van der Waals surface area (Å²) in [4.78, 5) is 50.2. The van der Waals surface area contributed by atoms with Gasteiger partial charge in [0.1, 0.15) is 5.69 Å². The van der Waals surface area contributed by atoms with Gasteiger partial charge in [0.2, 0.25) is 11.8 Å². The van der Waals surface area contributed by atoms with Crippen LogP contribution in [0, 0.1) is 0 Å². The van der Waals surface area contributed by atoms with Crippen molar-refractivity contribution in [2.45, 2.75) is 63.3 Å². The summed E-state index contributed by atoms with van der Waals surface area (Å²) in [7, 11) is 1.83. The van der Waals surface area contributed by atoms with Crippen molar-refractivity contribution in [1.29, 1.82) is 0 Å². The van der Waals surface area contributed by atoms with E-state index < -0.39 is 5.91 Å². The highest BCUT2D eigenvalue weighted by Gasteiger charge is 2.33. The average molecular weight is 739 g/mol.